The molecule has 0 aromatic carbocycles. The minimum Gasteiger partial charge on any atom is -0.381 e. The first-order valence-electron chi connectivity index (χ1n) is 4.08. The van der Waals surface area contributed by atoms with Crippen molar-refractivity contribution in [1.29, 1.82) is 0 Å². The molecule has 0 rings (SSSR count). The van der Waals surface area contributed by atoms with Gasteiger partial charge in [0, 0.05) is 19.8 Å². The van der Waals surface area contributed by atoms with E-state index >= 15 is 0 Å². The molecule has 0 amide bonds. The lowest BCUT2D eigenvalue weighted by molar-refractivity contribution is 0.490. The van der Waals surface area contributed by atoms with Crippen LogP contribution in [0.2, 0.25) is 0 Å². The number of hydrogen-bond acceptors (Lipinski definition) is 1. The normalized spacial score (nSPS) is 11.8. The van der Waals surface area contributed by atoms with E-state index in [1.54, 1.807) is 0 Å². The molecule has 0 aromatic heterocycles. The van der Waals surface area contributed by atoms with E-state index in [1.807, 2.05) is 0 Å². The van der Waals surface area contributed by atoms with Crippen molar-refractivity contribution in [2.45, 2.75) is 33.1 Å². The van der Waals surface area contributed by atoms with E-state index in [1.165, 1.54) is 18.5 Å². The van der Waals surface area contributed by atoms with Crippen LogP contribution in [-0.2, 0) is 0 Å². The van der Waals surface area contributed by atoms with Crippen molar-refractivity contribution >= 4 is 0 Å². The number of rotatable bonds is 4. The molecule has 1 nitrogen and oxygen atoms in total. The third kappa shape index (κ3) is 3.54. The lowest BCUT2D eigenvalue weighted by Crippen LogP contribution is -2.09. The molecule has 60 valence electrons. The van der Waals surface area contributed by atoms with Gasteiger partial charge in [0.15, 0.2) is 0 Å². The molecular weight excluding hydrogens is 122 g/mol. The average molecular weight is 141 g/mol. The SMILES string of the molecule is CCC/C=C(\CC)N(C)C. The van der Waals surface area contributed by atoms with Crippen LogP contribution in [0, 0.1) is 0 Å². The summed E-state index contributed by atoms with van der Waals surface area (Å²) in [5.74, 6) is 0. The highest BCUT2D eigenvalue weighted by atomic mass is 15.1. The number of hydrogen-bond donors (Lipinski definition) is 0. The Labute approximate surface area is 64.7 Å². The lowest BCUT2D eigenvalue weighted by Gasteiger charge is -2.15. The van der Waals surface area contributed by atoms with E-state index < -0.39 is 0 Å². The Morgan fingerprint density at radius 3 is 2.20 bits per heavy atom. The quantitative estimate of drug-likeness (QED) is 0.581. The van der Waals surface area contributed by atoms with Crippen molar-refractivity contribution < 1.29 is 0 Å². The fourth-order valence-corrected chi connectivity index (χ4v) is 0.954. The largest absolute Gasteiger partial charge is 0.381 e. The van der Waals surface area contributed by atoms with Crippen LogP contribution >= 0.6 is 0 Å². The average Bonchev–Trinajstić information content (AvgIpc) is 1.89. The molecule has 0 N–H and O–H groups in total. The molecule has 0 aliphatic rings. The Morgan fingerprint density at radius 2 is 1.90 bits per heavy atom. The summed E-state index contributed by atoms with van der Waals surface area (Å²) in [6.07, 6.45) is 5.92. The molecule has 0 radical (unpaired) electrons. The molecule has 0 fully saturated rings. The Kier molecular flexibility index (Phi) is 5.09. The van der Waals surface area contributed by atoms with Gasteiger partial charge >= 0.3 is 0 Å². The van der Waals surface area contributed by atoms with Crippen molar-refractivity contribution in [2.75, 3.05) is 14.1 Å². The van der Waals surface area contributed by atoms with Gasteiger partial charge < -0.3 is 4.90 Å². The molecule has 0 atom stereocenters. The molecule has 0 saturated heterocycles. The standard InChI is InChI=1S/C9H19N/c1-5-7-8-9(6-2)10(3)4/h8H,5-7H2,1-4H3/b9-8+. The molecule has 10 heavy (non-hydrogen) atoms. The minimum atomic E-state index is 1.15. The molecule has 0 unspecified atom stereocenters. The molecular formula is C9H19N. The summed E-state index contributed by atoms with van der Waals surface area (Å²) in [7, 11) is 4.20. The summed E-state index contributed by atoms with van der Waals surface area (Å²) < 4.78 is 0. The third-order valence-electron chi connectivity index (χ3n) is 1.61. The molecule has 0 aromatic rings. The number of nitrogens with zero attached hydrogens (tertiary/aromatic N) is 1. The maximum absolute atomic E-state index is 2.32. The fourth-order valence-electron chi connectivity index (χ4n) is 0.954. The fraction of sp³-hybridized carbons (Fsp3) is 0.778. The molecule has 0 aliphatic heterocycles. The Balaban J connectivity index is 3.79. The van der Waals surface area contributed by atoms with E-state index in [4.69, 9.17) is 0 Å². The van der Waals surface area contributed by atoms with Gasteiger partial charge in [-0.25, -0.2) is 0 Å². The van der Waals surface area contributed by atoms with Crippen molar-refractivity contribution in [1.82, 2.24) is 4.90 Å². The van der Waals surface area contributed by atoms with Crippen LogP contribution in [0.1, 0.15) is 33.1 Å². The van der Waals surface area contributed by atoms with Crippen molar-refractivity contribution in [3.8, 4) is 0 Å². The van der Waals surface area contributed by atoms with Crippen molar-refractivity contribution in [2.24, 2.45) is 0 Å². The summed E-state index contributed by atoms with van der Waals surface area (Å²) in [5.41, 5.74) is 1.45. The van der Waals surface area contributed by atoms with Crippen molar-refractivity contribution in [3.63, 3.8) is 0 Å². The first kappa shape index (κ1) is 9.54. The Hall–Kier alpha value is -0.460. The van der Waals surface area contributed by atoms with Crippen LogP contribution in [0.3, 0.4) is 0 Å². The second-order valence-corrected chi connectivity index (χ2v) is 2.73. The van der Waals surface area contributed by atoms with Gasteiger partial charge in [0.25, 0.3) is 0 Å². The van der Waals surface area contributed by atoms with E-state index in [2.05, 4.69) is 38.9 Å². The monoisotopic (exact) mass is 141 g/mol. The van der Waals surface area contributed by atoms with E-state index in [-0.39, 0.29) is 0 Å². The summed E-state index contributed by atoms with van der Waals surface area (Å²) in [4.78, 5) is 2.19. The van der Waals surface area contributed by atoms with Crippen LogP contribution in [0.5, 0.6) is 0 Å². The van der Waals surface area contributed by atoms with Gasteiger partial charge in [-0.15, -0.1) is 0 Å². The predicted molar refractivity (Wildman–Crippen MR) is 47.0 cm³/mol. The summed E-state index contributed by atoms with van der Waals surface area (Å²) in [6, 6.07) is 0. The predicted octanol–water partition coefficient (Wildman–Crippen LogP) is 2.64. The number of unbranched alkanes of at least 4 members (excludes halogenated alkanes) is 1. The van der Waals surface area contributed by atoms with Crippen LogP contribution in [0.4, 0.5) is 0 Å². The Morgan fingerprint density at radius 1 is 1.30 bits per heavy atom. The maximum atomic E-state index is 2.32. The van der Waals surface area contributed by atoms with Crippen molar-refractivity contribution in [3.05, 3.63) is 11.8 Å². The topological polar surface area (TPSA) is 3.24 Å². The smallest absolute Gasteiger partial charge is 0.00841 e. The van der Waals surface area contributed by atoms with E-state index in [0.717, 1.165) is 6.42 Å². The zero-order chi connectivity index (χ0) is 7.98. The van der Waals surface area contributed by atoms with Gasteiger partial charge in [0.05, 0.1) is 0 Å². The van der Waals surface area contributed by atoms with Gasteiger partial charge in [-0.1, -0.05) is 26.3 Å². The molecule has 0 heterocycles. The van der Waals surface area contributed by atoms with Crippen LogP contribution in [0.15, 0.2) is 11.8 Å². The first-order chi connectivity index (χ1) is 4.72. The summed E-state index contributed by atoms with van der Waals surface area (Å²) in [6.45, 7) is 4.40. The van der Waals surface area contributed by atoms with Gasteiger partial charge in [-0.05, 0) is 12.8 Å². The molecule has 0 aliphatic carbocycles. The maximum Gasteiger partial charge on any atom is 0.00841 e. The second-order valence-electron chi connectivity index (χ2n) is 2.73. The zero-order valence-electron chi connectivity index (χ0n) is 7.65. The van der Waals surface area contributed by atoms with Gasteiger partial charge in [0.2, 0.25) is 0 Å². The van der Waals surface area contributed by atoms with Gasteiger partial charge in [-0.2, -0.15) is 0 Å². The highest BCUT2D eigenvalue weighted by molar-refractivity contribution is 4.97. The van der Waals surface area contributed by atoms with Gasteiger partial charge in [-0.3, -0.25) is 0 Å². The van der Waals surface area contributed by atoms with Gasteiger partial charge in [0.1, 0.15) is 0 Å². The highest BCUT2D eigenvalue weighted by Crippen LogP contribution is 2.05. The Bertz CT molecular complexity index is 103. The lowest BCUT2D eigenvalue weighted by atomic mass is 10.2. The summed E-state index contributed by atoms with van der Waals surface area (Å²) in [5, 5.41) is 0. The second kappa shape index (κ2) is 5.33. The third-order valence-corrected chi connectivity index (χ3v) is 1.61. The zero-order valence-corrected chi connectivity index (χ0v) is 7.65. The van der Waals surface area contributed by atoms with Crippen LogP contribution in [0.25, 0.3) is 0 Å². The van der Waals surface area contributed by atoms with E-state index in [9.17, 15) is 0 Å². The molecule has 0 bridgehead atoms. The highest BCUT2D eigenvalue weighted by Gasteiger charge is 1.93. The minimum absolute atomic E-state index is 1.15. The summed E-state index contributed by atoms with van der Waals surface area (Å²) >= 11 is 0. The molecule has 0 spiro atoms. The first-order valence-corrected chi connectivity index (χ1v) is 4.08. The van der Waals surface area contributed by atoms with Crippen LogP contribution < -0.4 is 0 Å². The van der Waals surface area contributed by atoms with E-state index in [0.29, 0.717) is 0 Å². The molecule has 0 saturated carbocycles. The molecule has 1 heteroatoms. The van der Waals surface area contributed by atoms with Crippen LogP contribution in [-0.4, -0.2) is 19.0 Å². The number of allylic oxidation sites excluding steroid dienone is 2.